The van der Waals surface area contributed by atoms with Gasteiger partial charge in [-0.1, -0.05) is 13.8 Å². The van der Waals surface area contributed by atoms with Crippen molar-refractivity contribution in [3.63, 3.8) is 0 Å². The fourth-order valence-electron chi connectivity index (χ4n) is 1.82. The van der Waals surface area contributed by atoms with Crippen LogP contribution in [-0.2, 0) is 4.74 Å². The molecule has 0 amide bonds. The summed E-state index contributed by atoms with van der Waals surface area (Å²) in [5.74, 6) is 2.23. The molecule has 2 rings (SSSR count). The molecule has 5 heteroatoms. The zero-order valence-corrected chi connectivity index (χ0v) is 11.9. The van der Waals surface area contributed by atoms with E-state index in [1.165, 1.54) is 0 Å². The molecule has 1 saturated heterocycles. The van der Waals surface area contributed by atoms with Gasteiger partial charge in [0.1, 0.15) is 16.2 Å². The third-order valence-corrected chi connectivity index (χ3v) is 3.17. The van der Waals surface area contributed by atoms with Gasteiger partial charge in [0.05, 0.1) is 6.61 Å². The number of ether oxygens (including phenoxy) is 1. The number of rotatable bonds is 2. The fraction of sp³-hybridized carbons (Fsp3) is 0.667. The van der Waals surface area contributed by atoms with Crippen molar-refractivity contribution in [2.75, 3.05) is 31.2 Å². The lowest BCUT2D eigenvalue weighted by atomic mass is 10.2. The lowest BCUT2D eigenvalue weighted by Crippen LogP contribution is -2.27. The van der Waals surface area contributed by atoms with Crippen LogP contribution in [0.25, 0.3) is 0 Å². The van der Waals surface area contributed by atoms with Crippen LogP contribution in [0.2, 0.25) is 0 Å². The summed E-state index contributed by atoms with van der Waals surface area (Å²) in [6.07, 6.45) is 1.05. The summed E-state index contributed by atoms with van der Waals surface area (Å²) in [4.78, 5) is 11.3. The molecule has 17 heavy (non-hydrogen) atoms. The Morgan fingerprint density at radius 1 is 1.29 bits per heavy atom. The molecule has 1 aliphatic heterocycles. The van der Waals surface area contributed by atoms with Crippen LogP contribution in [-0.4, -0.2) is 36.3 Å². The Morgan fingerprint density at radius 2 is 2.12 bits per heavy atom. The lowest BCUT2D eigenvalue weighted by Gasteiger charge is -2.21. The molecule has 0 radical (unpaired) electrons. The Kier molecular flexibility index (Phi) is 4.34. The first-order valence-electron chi connectivity index (χ1n) is 6.04. The predicted molar refractivity (Wildman–Crippen MR) is 71.5 cm³/mol. The number of anilines is 1. The fourth-order valence-corrected chi connectivity index (χ4v) is 2.20. The minimum absolute atomic E-state index is 0.342. The molecule has 1 aromatic heterocycles. The van der Waals surface area contributed by atoms with Crippen LogP contribution in [0, 0.1) is 0 Å². The summed E-state index contributed by atoms with van der Waals surface area (Å²) in [7, 11) is 0. The number of halogens is 1. The molecule has 1 aromatic rings. The Labute approximate surface area is 111 Å². The van der Waals surface area contributed by atoms with Crippen molar-refractivity contribution in [3.05, 3.63) is 16.5 Å². The van der Waals surface area contributed by atoms with E-state index in [1.54, 1.807) is 0 Å². The monoisotopic (exact) mass is 299 g/mol. The Balaban J connectivity index is 2.23. The first-order chi connectivity index (χ1) is 8.16. The van der Waals surface area contributed by atoms with E-state index in [1.807, 2.05) is 6.07 Å². The second-order valence-corrected chi connectivity index (χ2v) is 5.33. The molecule has 0 N–H and O–H groups in total. The van der Waals surface area contributed by atoms with Crippen LogP contribution in [0.3, 0.4) is 0 Å². The molecule has 1 fully saturated rings. The highest BCUT2D eigenvalue weighted by Gasteiger charge is 2.14. The molecule has 0 bridgehead atoms. The van der Waals surface area contributed by atoms with Crippen molar-refractivity contribution < 1.29 is 4.74 Å². The largest absolute Gasteiger partial charge is 0.380 e. The van der Waals surface area contributed by atoms with Crippen molar-refractivity contribution in [2.24, 2.45) is 0 Å². The maximum atomic E-state index is 5.46. The molecule has 1 aliphatic rings. The van der Waals surface area contributed by atoms with E-state index in [-0.39, 0.29) is 0 Å². The van der Waals surface area contributed by atoms with Crippen LogP contribution >= 0.6 is 15.9 Å². The normalized spacial score (nSPS) is 17.3. The van der Waals surface area contributed by atoms with Crippen LogP contribution < -0.4 is 4.90 Å². The minimum Gasteiger partial charge on any atom is -0.380 e. The van der Waals surface area contributed by atoms with Crippen LogP contribution in [0.15, 0.2) is 10.7 Å². The molecule has 0 unspecified atom stereocenters. The van der Waals surface area contributed by atoms with E-state index < -0.39 is 0 Å². The molecule has 0 aliphatic carbocycles. The molecule has 0 aromatic carbocycles. The molecule has 0 saturated carbocycles. The lowest BCUT2D eigenvalue weighted by molar-refractivity contribution is 0.152. The highest BCUT2D eigenvalue weighted by molar-refractivity contribution is 9.10. The molecule has 94 valence electrons. The van der Waals surface area contributed by atoms with Gasteiger partial charge in [0.25, 0.3) is 0 Å². The summed E-state index contributed by atoms with van der Waals surface area (Å²) in [6, 6.07) is 1.98. The number of nitrogens with zero attached hydrogens (tertiary/aromatic N) is 3. The van der Waals surface area contributed by atoms with E-state index in [4.69, 9.17) is 4.74 Å². The standard InChI is InChI=1S/C12H18BrN3O/c1-9(2)12-14-10(13)8-11(15-12)16-4-3-6-17-7-5-16/h8-9H,3-7H2,1-2H3. The van der Waals surface area contributed by atoms with E-state index in [0.717, 1.165) is 49.0 Å². The van der Waals surface area contributed by atoms with Gasteiger partial charge >= 0.3 is 0 Å². The van der Waals surface area contributed by atoms with E-state index >= 15 is 0 Å². The van der Waals surface area contributed by atoms with Gasteiger partial charge in [0, 0.05) is 31.7 Å². The molecule has 4 nitrogen and oxygen atoms in total. The number of aromatic nitrogens is 2. The molecular formula is C12H18BrN3O. The highest BCUT2D eigenvalue weighted by Crippen LogP contribution is 2.21. The summed E-state index contributed by atoms with van der Waals surface area (Å²) in [6.45, 7) is 7.74. The smallest absolute Gasteiger partial charge is 0.134 e. The van der Waals surface area contributed by atoms with Gasteiger partial charge in [0.15, 0.2) is 0 Å². The van der Waals surface area contributed by atoms with Crippen molar-refractivity contribution in [1.29, 1.82) is 0 Å². The summed E-state index contributed by atoms with van der Waals surface area (Å²) >= 11 is 3.46. The number of hydrogen-bond donors (Lipinski definition) is 0. The molecule has 2 heterocycles. The average Bonchev–Trinajstić information content (AvgIpc) is 2.56. The highest BCUT2D eigenvalue weighted by atomic mass is 79.9. The van der Waals surface area contributed by atoms with Gasteiger partial charge in [-0.25, -0.2) is 9.97 Å². The molecular weight excluding hydrogens is 282 g/mol. The first-order valence-corrected chi connectivity index (χ1v) is 6.83. The van der Waals surface area contributed by atoms with Crippen molar-refractivity contribution in [2.45, 2.75) is 26.2 Å². The van der Waals surface area contributed by atoms with Gasteiger partial charge in [0.2, 0.25) is 0 Å². The zero-order chi connectivity index (χ0) is 12.3. The quantitative estimate of drug-likeness (QED) is 0.787. The zero-order valence-electron chi connectivity index (χ0n) is 10.3. The van der Waals surface area contributed by atoms with Gasteiger partial charge in [-0.2, -0.15) is 0 Å². The van der Waals surface area contributed by atoms with Crippen molar-refractivity contribution in [3.8, 4) is 0 Å². The Bertz CT molecular complexity index is 376. The van der Waals surface area contributed by atoms with E-state index in [0.29, 0.717) is 5.92 Å². The maximum absolute atomic E-state index is 5.46. The second kappa shape index (κ2) is 5.78. The van der Waals surface area contributed by atoms with E-state index in [9.17, 15) is 0 Å². The van der Waals surface area contributed by atoms with Crippen LogP contribution in [0.4, 0.5) is 5.82 Å². The summed E-state index contributed by atoms with van der Waals surface area (Å²) in [5.41, 5.74) is 0. The van der Waals surface area contributed by atoms with Crippen LogP contribution in [0.5, 0.6) is 0 Å². The maximum Gasteiger partial charge on any atom is 0.134 e. The second-order valence-electron chi connectivity index (χ2n) is 4.51. The molecule has 0 spiro atoms. The Hall–Kier alpha value is -0.680. The SMILES string of the molecule is CC(C)c1nc(Br)cc(N2CCCOCC2)n1. The van der Waals surface area contributed by atoms with Crippen molar-refractivity contribution >= 4 is 21.7 Å². The van der Waals surface area contributed by atoms with Gasteiger partial charge in [-0.15, -0.1) is 0 Å². The predicted octanol–water partition coefficient (Wildman–Crippen LogP) is 2.59. The third-order valence-electron chi connectivity index (χ3n) is 2.76. The number of hydrogen-bond acceptors (Lipinski definition) is 4. The summed E-state index contributed by atoms with van der Waals surface area (Å²) < 4.78 is 6.32. The van der Waals surface area contributed by atoms with Gasteiger partial charge in [-0.05, 0) is 22.4 Å². The van der Waals surface area contributed by atoms with Gasteiger partial charge < -0.3 is 9.64 Å². The average molecular weight is 300 g/mol. The topological polar surface area (TPSA) is 38.2 Å². The Morgan fingerprint density at radius 3 is 2.88 bits per heavy atom. The van der Waals surface area contributed by atoms with Crippen molar-refractivity contribution in [1.82, 2.24) is 9.97 Å². The first kappa shape index (κ1) is 12.8. The van der Waals surface area contributed by atoms with Crippen LogP contribution in [0.1, 0.15) is 32.0 Å². The minimum atomic E-state index is 0.342. The summed E-state index contributed by atoms with van der Waals surface area (Å²) in [5, 5.41) is 0. The third kappa shape index (κ3) is 3.39. The van der Waals surface area contributed by atoms with Gasteiger partial charge in [-0.3, -0.25) is 0 Å². The molecule has 0 atom stereocenters. The van der Waals surface area contributed by atoms with E-state index in [2.05, 4.69) is 44.6 Å².